The van der Waals surface area contributed by atoms with Gasteiger partial charge in [0.05, 0.1) is 10.9 Å². The zero-order chi connectivity index (χ0) is 17.2. The van der Waals surface area contributed by atoms with Crippen LogP contribution in [0.3, 0.4) is 0 Å². The van der Waals surface area contributed by atoms with Crippen molar-refractivity contribution in [3.63, 3.8) is 0 Å². The summed E-state index contributed by atoms with van der Waals surface area (Å²) in [6.07, 6.45) is 0. The second-order valence-electron chi connectivity index (χ2n) is 5.24. The molecule has 1 atom stereocenters. The minimum absolute atomic E-state index is 0.0985. The summed E-state index contributed by atoms with van der Waals surface area (Å²) in [5.41, 5.74) is 1.69. The predicted molar refractivity (Wildman–Crippen MR) is 89.9 cm³/mol. The Morgan fingerprint density at radius 3 is 2.48 bits per heavy atom. The fourth-order valence-corrected chi connectivity index (χ4v) is 3.04. The zero-order valence-electron chi connectivity index (χ0n) is 12.7. The average molecular weight is 353 g/mol. The summed E-state index contributed by atoms with van der Waals surface area (Å²) < 4.78 is 22.9. The highest BCUT2D eigenvalue weighted by Gasteiger charge is 2.17. The summed E-state index contributed by atoms with van der Waals surface area (Å²) in [6, 6.07) is 11.1. The zero-order valence-corrected chi connectivity index (χ0v) is 14.3. The van der Waals surface area contributed by atoms with E-state index < -0.39 is 10.0 Å². The fourth-order valence-electron chi connectivity index (χ4n) is 2.20. The second kappa shape index (κ2) is 6.70. The summed E-state index contributed by atoms with van der Waals surface area (Å²) in [4.78, 5) is 12.4. The lowest BCUT2D eigenvalue weighted by atomic mass is 10.1. The molecule has 3 N–H and O–H groups in total. The Bertz CT molecular complexity index is 850. The third kappa shape index (κ3) is 4.10. The van der Waals surface area contributed by atoms with E-state index in [4.69, 9.17) is 16.7 Å². The van der Waals surface area contributed by atoms with Gasteiger partial charge in [0.25, 0.3) is 5.91 Å². The minimum atomic E-state index is -3.86. The molecule has 1 unspecified atom stereocenters. The highest BCUT2D eigenvalue weighted by Crippen LogP contribution is 2.23. The summed E-state index contributed by atoms with van der Waals surface area (Å²) in [5, 5.41) is 8.48. The van der Waals surface area contributed by atoms with Gasteiger partial charge in [-0.3, -0.25) is 4.79 Å². The van der Waals surface area contributed by atoms with E-state index in [9.17, 15) is 13.2 Å². The van der Waals surface area contributed by atoms with Crippen LogP contribution in [0.15, 0.2) is 47.4 Å². The maximum absolute atomic E-state index is 12.4. The molecule has 0 fully saturated rings. The standard InChI is InChI=1S/C16H17ClN2O3S/c1-10-7-8-12(23(18,21)22)9-14(10)16(20)19-11(2)13-5-3-4-6-15(13)17/h3-9,11H,1-2H3,(H,19,20)(H2,18,21,22). The highest BCUT2D eigenvalue weighted by molar-refractivity contribution is 7.89. The number of carbonyl (C=O) groups excluding carboxylic acids is 1. The molecule has 0 heterocycles. The molecule has 0 radical (unpaired) electrons. The monoisotopic (exact) mass is 352 g/mol. The third-order valence-electron chi connectivity index (χ3n) is 3.50. The van der Waals surface area contributed by atoms with Gasteiger partial charge in [0.1, 0.15) is 0 Å². The van der Waals surface area contributed by atoms with Gasteiger partial charge in [-0.25, -0.2) is 13.6 Å². The summed E-state index contributed by atoms with van der Waals surface area (Å²) in [6.45, 7) is 3.53. The first kappa shape index (κ1) is 17.5. The van der Waals surface area contributed by atoms with Crippen molar-refractivity contribution in [1.29, 1.82) is 0 Å². The fraction of sp³-hybridized carbons (Fsp3) is 0.188. The van der Waals surface area contributed by atoms with Gasteiger partial charge in [-0.1, -0.05) is 35.9 Å². The normalized spacial score (nSPS) is 12.7. The average Bonchev–Trinajstić information content (AvgIpc) is 2.46. The van der Waals surface area contributed by atoms with Gasteiger partial charge < -0.3 is 5.32 Å². The van der Waals surface area contributed by atoms with E-state index in [0.717, 1.165) is 5.56 Å². The van der Waals surface area contributed by atoms with Crippen LogP contribution in [0.5, 0.6) is 0 Å². The Labute approximate surface area is 140 Å². The number of rotatable bonds is 4. The van der Waals surface area contributed by atoms with Crippen LogP contribution in [0, 0.1) is 6.92 Å². The van der Waals surface area contributed by atoms with Crippen molar-refractivity contribution in [3.05, 3.63) is 64.2 Å². The Balaban J connectivity index is 2.29. The first-order chi connectivity index (χ1) is 10.7. The van der Waals surface area contributed by atoms with E-state index in [1.54, 1.807) is 32.0 Å². The minimum Gasteiger partial charge on any atom is -0.345 e. The summed E-state index contributed by atoms with van der Waals surface area (Å²) in [7, 11) is -3.86. The molecule has 0 aromatic heterocycles. The van der Waals surface area contributed by atoms with Gasteiger partial charge in [0.15, 0.2) is 0 Å². The molecule has 122 valence electrons. The van der Waals surface area contributed by atoms with E-state index in [0.29, 0.717) is 10.6 Å². The van der Waals surface area contributed by atoms with E-state index >= 15 is 0 Å². The van der Waals surface area contributed by atoms with Crippen molar-refractivity contribution in [2.45, 2.75) is 24.8 Å². The van der Waals surface area contributed by atoms with Gasteiger partial charge in [-0.2, -0.15) is 0 Å². The lowest BCUT2D eigenvalue weighted by Gasteiger charge is -2.17. The maximum Gasteiger partial charge on any atom is 0.252 e. The van der Waals surface area contributed by atoms with Gasteiger partial charge in [-0.05, 0) is 43.2 Å². The van der Waals surface area contributed by atoms with Gasteiger partial charge in [0.2, 0.25) is 10.0 Å². The SMILES string of the molecule is Cc1ccc(S(N)(=O)=O)cc1C(=O)NC(C)c1ccccc1Cl. The molecule has 7 heteroatoms. The number of halogens is 1. The Hall–Kier alpha value is -1.89. The van der Waals surface area contributed by atoms with E-state index in [2.05, 4.69) is 5.32 Å². The molecule has 0 aliphatic rings. The van der Waals surface area contributed by atoms with Crippen LogP contribution in [-0.4, -0.2) is 14.3 Å². The summed E-state index contributed by atoms with van der Waals surface area (Å²) >= 11 is 6.12. The Kier molecular flexibility index (Phi) is 5.09. The molecule has 0 aliphatic heterocycles. The van der Waals surface area contributed by atoms with E-state index in [-0.39, 0.29) is 22.4 Å². The number of primary sulfonamides is 1. The predicted octanol–water partition coefficient (Wildman–Crippen LogP) is 2.79. The molecule has 23 heavy (non-hydrogen) atoms. The van der Waals surface area contributed by atoms with E-state index in [1.807, 2.05) is 12.1 Å². The molecule has 0 saturated heterocycles. The molecular weight excluding hydrogens is 336 g/mol. The van der Waals surface area contributed by atoms with Crippen LogP contribution < -0.4 is 10.5 Å². The third-order valence-corrected chi connectivity index (χ3v) is 4.76. The van der Waals surface area contributed by atoms with Crippen molar-refractivity contribution in [1.82, 2.24) is 5.32 Å². The van der Waals surface area contributed by atoms with Crippen molar-refractivity contribution < 1.29 is 13.2 Å². The van der Waals surface area contributed by atoms with Gasteiger partial charge >= 0.3 is 0 Å². The quantitative estimate of drug-likeness (QED) is 0.886. The first-order valence-electron chi connectivity index (χ1n) is 6.89. The van der Waals surface area contributed by atoms with Gasteiger partial charge in [-0.15, -0.1) is 0 Å². The topological polar surface area (TPSA) is 89.3 Å². The highest BCUT2D eigenvalue weighted by atomic mass is 35.5. The lowest BCUT2D eigenvalue weighted by Crippen LogP contribution is -2.28. The van der Waals surface area contributed by atoms with Crippen LogP contribution in [0.1, 0.15) is 34.5 Å². The molecule has 2 aromatic carbocycles. The van der Waals surface area contributed by atoms with Crippen molar-refractivity contribution in [2.24, 2.45) is 5.14 Å². The number of sulfonamides is 1. The number of nitrogens with one attached hydrogen (secondary N) is 1. The van der Waals surface area contributed by atoms with Crippen LogP contribution in [0.2, 0.25) is 5.02 Å². The van der Waals surface area contributed by atoms with Crippen LogP contribution in [0.4, 0.5) is 0 Å². The molecule has 2 rings (SSSR count). The molecule has 0 bridgehead atoms. The molecule has 0 spiro atoms. The number of hydrogen-bond acceptors (Lipinski definition) is 3. The Morgan fingerprint density at radius 1 is 1.22 bits per heavy atom. The smallest absolute Gasteiger partial charge is 0.252 e. The number of carbonyl (C=O) groups is 1. The molecule has 5 nitrogen and oxygen atoms in total. The number of benzene rings is 2. The number of hydrogen-bond donors (Lipinski definition) is 2. The molecule has 1 amide bonds. The van der Waals surface area contributed by atoms with Crippen LogP contribution in [0.25, 0.3) is 0 Å². The molecule has 0 aliphatic carbocycles. The second-order valence-corrected chi connectivity index (χ2v) is 7.21. The van der Waals surface area contributed by atoms with Gasteiger partial charge in [0, 0.05) is 10.6 Å². The van der Waals surface area contributed by atoms with Crippen LogP contribution in [-0.2, 0) is 10.0 Å². The molecule has 0 saturated carbocycles. The summed E-state index contributed by atoms with van der Waals surface area (Å²) in [5.74, 6) is -0.389. The largest absolute Gasteiger partial charge is 0.345 e. The number of amides is 1. The number of nitrogens with two attached hydrogens (primary N) is 1. The molecule has 2 aromatic rings. The van der Waals surface area contributed by atoms with Crippen molar-refractivity contribution >= 4 is 27.5 Å². The first-order valence-corrected chi connectivity index (χ1v) is 8.81. The van der Waals surface area contributed by atoms with Crippen LogP contribution >= 0.6 is 11.6 Å². The van der Waals surface area contributed by atoms with Crippen molar-refractivity contribution in [2.75, 3.05) is 0 Å². The van der Waals surface area contributed by atoms with Crippen molar-refractivity contribution in [3.8, 4) is 0 Å². The molecular formula is C16H17ClN2O3S. The lowest BCUT2D eigenvalue weighted by molar-refractivity contribution is 0.0939. The number of aryl methyl sites for hydroxylation is 1. The Morgan fingerprint density at radius 2 is 1.87 bits per heavy atom. The maximum atomic E-state index is 12.4. The van der Waals surface area contributed by atoms with E-state index in [1.165, 1.54) is 12.1 Å².